The van der Waals surface area contributed by atoms with Gasteiger partial charge in [0.2, 0.25) is 0 Å². The Morgan fingerprint density at radius 2 is 2.08 bits per heavy atom. The van der Waals surface area contributed by atoms with Crippen molar-refractivity contribution in [2.75, 3.05) is 12.4 Å². The van der Waals surface area contributed by atoms with Crippen molar-refractivity contribution in [2.24, 2.45) is 7.05 Å². The average molecular weight is 347 g/mol. The van der Waals surface area contributed by atoms with Crippen LogP contribution in [0.1, 0.15) is 10.5 Å². The van der Waals surface area contributed by atoms with Crippen LogP contribution in [0.25, 0.3) is 17.0 Å². The molecule has 3 aromatic heterocycles. The molecule has 1 N–H and O–H groups in total. The summed E-state index contributed by atoms with van der Waals surface area (Å²) >= 11 is 0. The Kier molecular flexibility index (Phi) is 3.89. The fourth-order valence-electron chi connectivity index (χ4n) is 2.81. The van der Waals surface area contributed by atoms with Crippen LogP contribution in [0.3, 0.4) is 0 Å². The number of hydrogen-bond acceptors (Lipinski definition) is 4. The summed E-state index contributed by atoms with van der Waals surface area (Å²) in [4.78, 5) is 21.7. The number of benzene rings is 1. The molecule has 0 unspecified atom stereocenters. The van der Waals surface area contributed by atoms with Gasteiger partial charge in [-0.2, -0.15) is 0 Å². The summed E-state index contributed by atoms with van der Waals surface area (Å²) in [5.41, 5.74) is 2.41. The molecule has 26 heavy (non-hydrogen) atoms. The third-order valence-electron chi connectivity index (χ3n) is 4.03. The molecule has 0 aliphatic carbocycles. The second-order valence-electron chi connectivity index (χ2n) is 5.85. The quantitative estimate of drug-likeness (QED) is 0.616. The Balaban J connectivity index is 1.75. The van der Waals surface area contributed by atoms with Gasteiger partial charge in [-0.3, -0.25) is 9.20 Å². The molecule has 0 bridgehead atoms. The molecule has 0 spiro atoms. The number of nitrogens with zero attached hydrogens (tertiary/aromatic N) is 4. The van der Waals surface area contributed by atoms with Gasteiger partial charge >= 0.3 is 0 Å². The van der Waals surface area contributed by atoms with Crippen LogP contribution in [0.5, 0.6) is 5.75 Å². The standard InChI is InChI=1S/C19H17N5O2/c1-23-11-15(20-12-23)18-22-17(16-8-3-4-9-24(16)18)19(25)21-13-6-5-7-14(10-13)26-2/h3-12H,1-2H3,(H,21,25). The molecule has 1 amide bonds. The van der Waals surface area contributed by atoms with Crippen LogP contribution in [0, 0.1) is 0 Å². The molecule has 7 heteroatoms. The summed E-state index contributed by atoms with van der Waals surface area (Å²) in [5, 5.41) is 2.87. The van der Waals surface area contributed by atoms with E-state index in [9.17, 15) is 4.79 Å². The predicted molar refractivity (Wildman–Crippen MR) is 98.3 cm³/mol. The lowest BCUT2D eigenvalue weighted by Gasteiger charge is -2.05. The van der Waals surface area contributed by atoms with Crippen molar-refractivity contribution in [3.63, 3.8) is 0 Å². The van der Waals surface area contributed by atoms with Crippen molar-refractivity contribution in [1.29, 1.82) is 0 Å². The van der Waals surface area contributed by atoms with Gasteiger partial charge in [0.05, 0.1) is 19.0 Å². The number of ether oxygens (including phenoxy) is 1. The molecule has 0 fully saturated rings. The number of hydrogen-bond donors (Lipinski definition) is 1. The van der Waals surface area contributed by atoms with Crippen LogP contribution in [0.15, 0.2) is 61.2 Å². The molecule has 0 saturated heterocycles. The SMILES string of the molecule is COc1cccc(NC(=O)c2nc(-c3cn(C)cn3)n3ccccc23)c1. The maximum Gasteiger partial charge on any atom is 0.276 e. The number of imidazole rings is 2. The summed E-state index contributed by atoms with van der Waals surface area (Å²) in [7, 11) is 3.48. The second-order valence-corrected chi connectivity index (χ2v) is 5.85. The Labute approximate surface area is 149 Å². The van der Waals surface area contributed by atoms with Gasteiger partial charge in [-0.1, -0.05) is 12.1 Å². The molecule has 0 atom stereocenters. The first kappa shape index (κ1) is 15.9. The van der Waals surface area contributed by atoms with Crippen molar-refractivity contribution in [2.45, 2.75) is 0 Å². The van der Waals surface area contributed by atoms with E-state index in [0.29, 0.717) is 34.2 Å². The maximum absolute atomic E-state index is 12.8. The molecule has 0 aliphatic heterocycles. The fraction of sp³-hybridized carbons (Fsp3) is 0.105. The number of amides is 1. The summed E-state index contributed by atoms with van der Waals surface area (Å²) in [6, 6.07) is 12.8. The molecule has 0 aliphatic rings. The molecular formula is C19H17N5O2. The fourth-order valence-corrected chi connectivity index (χ4v) is 2.81. The lowest BCUT2D eigenvalue weighted by molar-refractivity contribution is 0.102. The number of rotatable bonds is 4. The van der Waals surface area contributed by atoms with Crippen molar-refractivity contribution in [3.05, 3.63) is 66.9 Å². The summed E-state index contributed by atoms with van der Waals surface area (Å²) in [6.07, 6.45) is 5.44. The van der Waals surface area contributed by atoms with Crippen LogP contribution >= 0.6 is 0 Å². The van der Waals surface area contributed by atoms with Gasteiger partial charge in [-0.05, 0) is 24.3 Å². The van der Waals surface area contributed by atoms with Crippen LogP contribution in [0.2, 0.25) is 0 Å². The smallest absolute Gasteiger partial charge is 0.276 e. The largest absolute Gasteiger partial charge is 0.497 e. The first-order chi connectivity index (χ1) is 12.7. The van der Waals surface area contributed by atoms with E-state index in [1.807, 2.05) is 58.7 Å². The Hall–Kier alpha value is -3.61. The van der Waals surface area contributed by atoms with Gasteiger partial charge in [-0.15, -0.1) is 0 Å². The number of anilines is 1. The summed E-state index contributed by atoms with van der Waals surface area (Å²) in [6.45, 7) is 0. The molecular weight excluding hydrogens is 330 g/mol. The molecule has 0 saturated carbocycles. The molecule has 4 rings (SSSR count). The van der Waals surface area contributed by atoms with Crippen LogP contribution in [-0.2, 0) is 7.05 Å². The van der Waals surface area contributed by atoms with E-state index in [4.69, 9.17) is 4.74 Å². The van der Waals surface area contributed by atoms with Crippen molar-refractivity contribution < 1.29 is 9.53 Å². The highest BCUT2D eigenvalue weighted by molar-refractivity contribution is 6.08. The minimum atomic E-state index is -0.288. The third kappa shape index (κ3) is 2.79. The third-order valence-corrected chi connectivity index (χ3v) is 4.03. The minimum absolute atomic E-state index is 0.288. The van der Waals surface area contributed by atoms with E-state index in [0.717, 1.165) is 0 Å². The van der Waals surface area contributed by atoms with Gasteiger partial charge in [0, 0.05) is 31.2 Å². The van der Waals surface area contributed by atoms with E-state index < -0.39 is 0 Å². The zero-order valence-corrected chi connectivity index (χ0v) is 14.4. The lowest BCUT2D eigenvalue weighted by atomic mass is 10.2. The topological polar surface area (TPSA) is 73.4 Å². The van der Waals surface area contributed by atoms with E-state index in [2.05, 4.69) is 15.3 Å². The number of pyridine rings is 1. The average Bonchev–Trinajstić information content (AvgIpc) is 3.25. The normalized spacial score (nSPS) is 10.8. The number of methoxy groups -OCH3 is 1. The van der Waals surface area contributed by atoms with Crippen molar-refractivity contribution >= 4 is 17.1 Å². The van der Waals surface area contributed by atoms with Crippen LogP contribution in [-0.4, -0.2) is 32.0 Å². The number of aryl methyl sites for hydroxylation is 1. The van der Waals surface area contributed by atoms with Crippen LogP contribution in [0.4, 0.5) is 5.69 Å². The van der Waals surface area contributed by atoms with Gasteiger partial charge in [0.15, 0.2) is 11.5 Å². The zero-order chi connectivity index (χ0) is 18.1. The highest BCUT2D eigenvalue weighted by Gasteiger charge is 2.19. The lowest BCUT2D eigenvalue weighted by Crippen LogP contribution is -2.12. The minimum Gasteiger partial charge on any atom is -0.497 e. The second kappa shape index (κ2) is 6.36. The Morgan fingerprint density at radius 1 is 1.19 bits per heavy atom. The molecule has 0 radical (unpaired) electrons. The van der Waals surface area contributed by atoms with E-state index in [1.165, 1.54) is 0 Å². The van der Waals surface area contributed by atoms with Gasteiger partial charge in [-0.25, -0.2) is 9.97 Å². The Bertz CT molecular complexity index is 1100. The molecule has 130 valence electrons. The van der Waals surface area contributed by atoms with Gasteiger partial charge in [0.25, 0.3) is 5.91 Å². The molecule has 3 heterocycles. The van der Waals surface area contributed by atoms with E-state index in [-0.39, 0.29) is 5.91 Å². The van der Waals surface area contributed by atoms with E-state index in [1.54, 1.807) is 25.6 Å². The van der Waals surface area contributed by atoms with Crippen molar-refractivity contribution in [1.82, 2.24) is 18.9 Å². The maximum atomic E-state index is 12.8. The zero-order valence-electron chi connectivity index (χ0n) is 14.4. The van der Waals surface area contributed by atoms with Gasteiger partial charge < -0.3 is 14.6 Å². The number of nitrogens with one attached hydrogen (secondary N) is 1. The first-order valence-corrected chi connectivity index (χ1v) is 8.06. The first-order valence-electron chi connectivity index (χ1n) is 8.06. The molecule has 7 nitrogen and oxygen atoms in total. The monoisotopic (exact) mass is 347 g/mol. The number of carbonyl (C=O) groups excluding carboxylic acids is 1. The number of fused-ring (bicyclic) bond motifs is 1. The van der Waals surface area contributed by atoms with E-state index >= 15 is 0 Å². The Morgan fingerprint density at radius 3 is 2.85 bits per heavy atom. The molecule has 1 aromatic carbocycles. The number of carbonyl (C=O) groups is 1. The predicted octanol–water partition coefficient (Wildman–Crippen LogP) is 3.00. The summed E-state index contributed by atoms with van der Waals surface area (Å²) < 4.78 is 8.90. The highest BCUT2D eigenvalue weighted by atomic mass is 16.5. The number of aromatic nitrogens is 4. The highest BCUT2D eigenvalue weighted by Crippen LogP contribution is 2.23. The van der Waals surface area contributed by atoms with Crippen molar-refractivity contribution in [3.8, 4) is 17.3 Å². The van der Waals surface area contributed by atoms with Gasteiger partial charge in [0.1, 0.15) is 11.4 Å². The van der Waals surface area contributed by atoms with Crippen LogP contribution < -0.4 is 10.1 Å². The molecule has 4 aromatic rings. The summed E-state index contributed by atoms with van der Waals surface area (Å²) in [5.74, 6) is 1.01.